The number of aromatic nitrogens is 1. The molecule has 11 rings (SSSR count). The molecule has 0 unspecified atom stereocenters. The van der Waals surface area contributed by atoms with Crippen LogP contribution in [0, 0.1) is 0 Å². The Morgan fingerprint density at radius 1 is 0.404 bits per heavy atom. The molecule has 0 spiro atoms. The van der Waals surface area contributed by atoms with Crippen LogP contribution in [-0.2, 0) is 5.41 Å². The van der Waals surface area contributed by atoms with Crippen LogP contribution in [0.2, 0.25) is 0 Å². The van der Waals surface area contributed by atoms with Crippen LogP contribution in [0.5, 0.6) is 0 Å². The minimum absolute atomic E-state index is 0.101. The van der Waals surface area contributed by atoms with Gasteiger partial charge in [0.25, 0.3) is 0 Å². The molecule has 2 heteroatoms. The molecule has 57 heavy (non-hydrogen) atoms. The van der Waals surface area contributed by atoms with E-state index in [2.05, 4.69) is 230 Å². The van der Waals surface area contributed by atoms with Crippen molar-refractivity contribution in [1.82, 2.24) is 4.57 Å². The fraction of sp³-hybridized carbons (Fsp3) is 0.0545. The standard InChI is InChI=1S/C55H40N2/c1-55(2)48-27-10-5-25-47(48)54-46(26-16-28-49(54)55)45-24-9-14-32-53(45)56(50-29-11-6-21-42(50)39-34-33-37-17-3-4-18-38(37)35-39)40-19-15-20-41(36-40)57-51-30-12-7-22-43(51)44-23-8-13-31-52(44)57/h3-36H,1-2H3. The molecule has 0 amide bonds. The second-order valence-corrected chi connectivity index (χ2v) is 15.7. The largest absolute Gasteiger partial charge is 0.309 e. The zero-order valence-corrected chi connectivity index (χ0v) is 32.0. The summed E-state index contributed by atoms with van der Waals surface area (Å²) < 4.78 is 2.41. The molecule has 1 aromatic heterocycles. The SMILES string of the molecule is CC1(C)c2ccccc2-c2c(-c3ccccc3N(c3cccc(-n4c5ccccc5c5ccccc54)c3)c3ccccc3-c3ccc4ccccc4c3)cccc21. The van der Waals surface area contributed by atoms with Crippen molar-refractivity contribution in [3.8, 4) is 39.1 Å². The van der Waals surface area contributed by atoms with Gasteiger partial charge in [0.1, 0.15) is 0 Å². The molecule has 1 aliphatic rings. The van der Waals surface area contributed by atoms with Crippen molar-refractivity contribution >= 4 is 49.6 Å². The summed E-state index contributed by atoms with van der Waals surface area (Å²) in [4.78, 5) is 2.49. The van der Waals surface area contributed by atoms with Crippen molar-refractivity contribution in [2.24, 2.45) is 0 Å². The normalized spacial score (nSPS) is 12.9. The van der Waals surface area contributed by atoms with E-state index in [0.29, 0.717) is 0 Å². The van der Waals surface area contributed by atoms with E-state index in [9.17, 15) is 0 Å². The van der Waals surface area contributed by atoms with E-state index in [4.69, 9.17) is 0 Å². The van der Waals surface area contributed by atoms with Crippen LogP contribution in [0.25, 0.3) is 71.6 Å². The molecule has 0 aliphatic heterocycles. The summed E-state index contributed by atoms with van der Waals surface area (Å²) in [6, 6.07) is 75.7. The molecule has 0 N–H and O–H groups in total. The fourth-order valence-electron chi connectivity index (χ4n) is 9.52. The summed E-state index contributed by atoms with van der Waals surface area (Å²) in [5.74, 6) is 0. The summed E-state index contributed by atoms with van der Waals surface area (Å²) in [5, 5.41) is 4.97. The summed E-state index contributed by atoms with van der Waals surface area (Å²) >= 11 is 0. The van der Waals surface area contributed by atoms with Crippen LogP contribution in [0.3, 0.4) is 0 Å². The van der Waals surface area contributed by atoms with E-state index >= 15 is 0 Å². The first-order valence-electron chi connectivity index (χ1n) is 19.9. The van der Waals surface area contributed by atoms with E-state index in [1.165, 1.54) is 77.1 Å². The average Bonchev–Trinajstić information content (AvgIpc) is 3.73. The van der Waals surface area contributed by atoms with Crippen LogP contribution in [-0.4, -0.2) is 4.57 Å². The first kappa shape index (κ1) is 33.2. The Labute approximate surface area is 333 Å². The lowest BCUT2D eigenvalue weighted by molar-refractivity contribution is 0.660. The number of rotatable bonds is 6. The third-order valence-corrected chi connectivity index (χ3v) is 12.2. The number of fused-ring (bicyclic) bond motifs is 7. The zero-order chi connectivity index (χ0) is 38.1. The fourth-order valence-corrected chi connectivity index (χ4v) is 9.52. The van der Waals surface area contributed by atoms with Gasteiger partial charge in [-0.2, -0.15) is 0 Å². The molecule has 2 nitrogen and oxygen atoms in total. The van der Waals surface area contributed by atoms with Crippen LogP contribution in [0.1, 0.15) is 25.0 Å². The topological polar surface area (TPSA) is 8.17 Å². The van der Waals surface area contributed by atoms with Gasteiger partial charge < -0.3 is 9.47 Å². The van der Waals surface area contributed by atoms with Gasteiger partial charge in [-0.25, -0.2) is 0 Å². The minimum atomic E-state index is -0.101. The van der Waals surface area contributed by atoms with E-state index in [0.717, 1.165) is 22.7 Å². The molecule has 0 saturated carbocycles. The predicted molar refractivity (Wildman–Crippen MR) is 241 cm³/mol. The first-order chi connectivity index (χ1) is 28.1. The average molecular weight is 729 g/mol. The van der Waals surface area contributed by atoms with Crippen molar-refractivity contribution in [2.45, 2.75) is 19.3 Å². The minimum Gasteiger partial charge on any atom is -0.309 e. The molecule has 0 radical (unpaired) electrons. The van der Waals surface area contributed by atoms with Gasteiger partial charge in [-0.15, -0.1) is 0 Å². The smallest absolute Gasteiger partial charge is 0.0541 e. The van der Waals surface area contributed by atoms with Crippen LogP contribution in [0.4, 0.5) is 17.1 Å². The van der Waals surface area contributed by atoms with Crippen LogP contribution in [0.15, 0.2) is 206 Å². The Kier molecular flexibility index (Phi) is 7.55. The van der Waals surface area contributed by atoms with Crippen LogP contribution >= 0.6 is 0 Å². The van der Waals surface area contributed by atoms with Gasteiger partial charge in [0.05, 0.1) is 22.4 Å². The number of hydrogen-bond acceptors (Lipinski definition) is 1. The van der Waals surface area contributed by atoms with Crippen molar-refractivity contribution in [2.75, 3.05) is 4.90 Å². The number of hydrogen-bond donors (Lipinski definition) is 0. The van der Waals surface area contributed by atoms with Gasteiger partial charge in [-0.3, -0.25) is 0 Å². The lowest BCUT2D eigenvalue weighted by Gasteiger charge is -2.31. The van der Waals surface area contributed by atoms with Gasteiger partial charge in [-0.05, 0) is 92.7 Å². The Morgan fingerprint density at radius 3 is 1.74 bits per heavy atom. The van der Waals surface area contributed by atoms with Gasteiger partial charge in [0.2, 0.25) is 0 Å². The maximum absolute atomic E-state index is 2.49. The van der Waals surface area contributed by atoms with Crippen molar-refractivity contribution in [1.29, 1.82) is 0 Å². The van der Waals surface area contributed by atoms with E-state index in [1.54, 1.807) is 0 Å². The molecular formula is C55H40N2. The van der Waals surface area contributed by atoms with E-state index < -0.39 is 0 Å². The van der Waals surface area contributed by atoms with E-state index in [1.807, 2.05) is 0 Å². The molecular weight excluding hydrogens is 689 g/mol. The summed E-state index contributed by atoms with van der Waals surface area (Å²) in [6.07, 6.45) is 0. The van der Waals surface area contributed by atoms with Crippen LogP contribution < -0.4 is 4.90 Å². The lowest BCUT2D eigenvalue weighted by Crippen LogP contribution is -2.15. The molecule has 0 bridgehead atoms. The molecule has 0 atom stereocenters. The molecule has 270 valence electrons. The van der Waals surface area contributed by atoms with Gasteiger partial charge in [0.15, 0.2) is 0 Å². The summed E-state index contributed by atoms with van der Waals surface area (Å²) in [7, 11) is 0. The molecule has 0 fully saturated rings. The zero-order valence-electron chi connectivity index (χ0n) is 32.0. The van der Waals surface area contributed by atoms with Gasteiger partial charge in [-0.1, -0.05) is 172 Å². The van der Waals surface area contributed by atoms with E-state index in [-0.39, 0.29) is 5.41 Å². The highest BCUT2D eigenvalue weighted by atomic mass is 15.2. The Bertz CT molecular complexity index is 3130. The van der Waals surface area contributed by atoms with Gasteiger partial charge >= 0.3 is 0 Å². The molecule has 1 aliphatic carbocycles. The highest BCUT2D eigenvalue weighted by molar-refractivity contribution is 6.09. The highest BCUT2D eigenvalue weighted by Crippen LogP contribution is 2.54. The maximum Gasteiger partial charge on any atom is 0.0541 e. The van der Waals surface area contributed by atoms with Gasteiger partial charge in [0, 0.05) is 38.7 Å². The van der Waals surface area contributed by atoms with Crippen molar-refractivity contribution < 1.29 is 0 Å². The molecule has 1 heterocycles. The highest BCUT2D eigenvalue weighted by Gasteiger charge is 2.37. The third kappa shape index (κ3) is 5.18. The molecule has 0 saturated heterocycles. The number of anilines is 3. The monoisotopic (exact) mass is 728 g/mol. The predicted octanol–water partition coefficient (Wildman–Crippen LogP) is 15.0. The molecule has 9 aromatic carbocycles. The maximum atomic E-state index is 2.49. The number of para-hydroxylation sites is 4. The quantitative estimate of drug-likeness (QED) is 0.165. The Hall–Kier alpha value is -7.16. The third-order valence-electron chi connectivity index (χ3n) is 12.2. The Balaban J connectivity index is 1.18. The number of nitrogens with zero attached hydrogens (tertiary/aromatic N) is 2. The second kappa shape index (κ2) is 13.0. The summed E-state index contributed by atoms with van der Waals surface area (Å²) in [5.41, 5.74) is 16.9. The van der Waals surface area contributed by atoms with Crippen molar-refractivity contribution in [3.63, 3.8) is 0 Å². The number of benzene rings is 9. The summed E-state index contributed by atoms with van der Waals surface area (Å²) in [6.45, 7) is 4.72. The van der Waals surface area contributed by atoms with Crippen molar-refractivity contribution in [3.05, 3.63) is 217 Å². The second-order valence-electron chi connectivity index (χ2n) is 15.7. The Morgan fingerprint density at radius 2 is 0.965 bits per heavy atom. The molecule has 10 aromatic rings. The lowest BCUT2D eigenvalue weighted by atomic mass is 9.82. The first-order valence-corrected chi connectivity index (χ1v) is 19.9.